The van der Waals surface area contributed by atoms with Gasteiger partial charge >= 0.3 is 0 Å². The molecule has 0 saturated heterocycles. The minimum atomic E-state index is -3.74. The van der Waals surface area contributed by atoms with Crippen LogP contribution in [0.5, 0.6) is 0 Å². The Morgan fingerprint density at radius 2 is 1.86 bits per heavy atom. The van der Waals surface area contributed by atoms with Crippen molar-refractivity contribution in [3.8, 4) is 0 Å². The van der Waals surface area contributed by atoms with Crippen LogP contribution in [0.3, 0.4) is 0 Å². The number of aryl methyl sites for hydroxylation is 1. The van der Waals surface area contributed by atoms with Crippen molar-refractivity contribution in [1.29, 1.82) is 0 Å². The fourth-order valence-corrected chi connectivity index (χ4v) is 3.61. The average Bonchev–Trinajstić information content (AvgIpc) is 2.37. The molecular formula is C15H16ClNO3S. The molecule has 2 N–H and O–H groups in total. The normalized spacial score (nSPS) is 13.0. The highest BCUT2D eigenvalue weighted by Crippen LogP contribution is 2.26. The fourth-order valence-electron chi connectivity index (χ4n) is 2.07. The third kappa shape index (κ3) is 3.56. The third-order valence-corrected chi connectivity index (χ3v) is 4.84. The molecule has 4 nitrogen and oxygen atoms in total. The lowest BCUT2D eigenvalue weighted by Gasteiger charge is -2.15. The van der Waals surface area contributed by atoms with Gasteiger partial charge in [0.25, 0.3) is 10.0 Å². The summed E-state index contributed by atoms with van der Waals surface area (Å²) in [6.45, 7) is 3.27. The number of anilines is 1. The molecule has 0 aromatic heterocycles. The lowest BCUT2D eigenvalue weighted by atomic mass is 10.1. The highest BCUT2D eigenvalue weighted by Gasteiger charge is 2.19. The van der Waals surface area contributed by atoms with E-state index < -0.39 is 16.1 Å². The molecule has 0 aliphatic carbocycles. The van der Waals surface area contributed by atoms with Gasteiger partial charge in [0.05, 0.1) is 16.7 Å². The van der Waals surface area contributed by atoms with Crippen molar-refractivity contribution in [2.45, 2.75) is 24.8 Å². The Kier molecular flexibility index (Phi) is 4.56. The van der Waals surface area contributed by atoms with E-state index in [1.54, 1.807) is 44.2 Å². The molecule has 0 radical (unpaired) electrons. The molecule has 112 valence electrons. The van der Waals surface area contributed by atoms with Crippen LogP contribution in [0.4, 0.5) is 5.69 Å². The molecule has 2 rings (SSSR count). The van der Waals surface area contributed by atoms with E-state index in [4.69, 9.17) is 11.6 Å². The predicted octanol–water partition coefficient (Wildman–Crippen LogP) is 3.50. The van der Waals surface area contributed by atoms with Crippen molar-refractivity contribution in [2.75, 3.05) is 4.72 Å². The lowest BCUT2D eigenvalue weighted by Crippen LogP contribution is -2.15. The summed E-state index contributed by atoms with van der Waals surface area (Å²) in [6.07, 6.45) is -0.768. The van der Waals surface area contributed by atoms with Gasteiger partial charge in [-0.05, 0) is 43.7 Å². The van der Waals surface area contributed by atoms with Gasteiger partial charge in [0, 0.05) is 10.6 Å². The van der Waals surface area contributed by atoms with Crippen LogP contribution in [0.1, 0.15) is 24.2 Å². The maximum absolute atomic E-state index is 12.5. The van der Waals surface area contributed by atoms with Gasteiger partial charge in [-0.1, -0.05) is 29.8 Å². The van der Waals surface area contributed by atoms with Gasteiger partial charge in [0.15, 0.2) is 0 Å². The molecule has 6 heteroatoms. The molecule has 0 aliphatic heterocycles. The van der Waals surface area contributed by atoms with Gasteiger partial charge < -0.3 is 5.11 Å². The van der Waals surface area contributed by atoms with Crippen LogP contribution < -0.4 is 4.72 Å². The monoisotopic (exact) mass is 325 g/mol. The molecule has 2 aromatic carbocycles. The number of rotatable bonds is 4. The minimum absolute atomic E-state index is 0.160. The first-order valence-electron chi connectivity index (χ1n) is 6.37. The Morgan fingerprint density at radius 1 is 1.19 bits per heavy atom. The van der Waals surface area contributed by atoms with Gasteiger partial charge in [-0.2, -0.15) is 0 Å². The Balaban J connectivity index is 2.43. The van der Waals surface area contributed by atoms with Crippen molar-refractivity contribution < 1.29 is 13.5 Å². The maximum atomic E-state index is 12.5. The Morgan fingerprint density at radius 3 is 2.48 bits per heavy atom. The van der Waals surface area contributed by atoms with Gasteiger partial charge in [0.2, 0.25) is 0 Å². The van der Waals surface area contributed by atoms with Gasteiger partial charge in [-0.15, -0.1) is 0 Å². The van der Waals surface area contributed by atoms with Crippen molar-refractivity contribution >= 4 is 27.3 Å². The molecule has 1 atom stereocenters. The van der Waals surface area contributed by atoms with Crippen LogP contribution in [0, 0.1) is 6.92 Å². The second-order valence-electron chi connectivity index (χ2n) is 4.78. The van der Waals surface area contributed by atoms with Crippen LogP contribution in [-0.2, 0) is 10.0 Å². The first-order valence-corrected chi connectivity index (χ1v) is 8.23. The number of nitrogens with one attached hydrogen (secondary N) is 1. The summed E-state index contributed by atoms with van der Waals surface area (Å²) in [6, 6.07) is 11.3. The molecule has 0 bridgehead atoms. The van der Waals surface area contributed by atoms with Gasteiger partial charge in [-0.25, -0.2) is 8.42 Å². The number of aliphatic hydroxyl groups is 1. The summed E-state index contributed by atoms with van der Waals surface area (Å²) >= 11 is 5.85. The predicted molar refractivity (Wildman–Crippen MR) is 84.1 cm³/mol. The summed E-state index contributed by atoms with van der Waals surface area (Å²) in [7, 11) is -3.74. The van der Waals surface area contributed by atoms with Crippen molar-refractivity contribution in [3.05, 3.63) is 58.6 Å². The number of aliphatic hydroxyl groups excluding tert-OH is 1. The van der Waals surface area contributed by atoms with E-state index in [-0.39, 0.29) is 4.90 Å². The standard InChI is InChI=1S/C15H16ClNO3S/c1-10-9-12(16)7-8-15(10)21(19,20)17-14-6-4-3-5-13(14)11(2)18/h3-9,11,17-18H,1-2H3. The summed E-state index contributed by atoms with van der Waals surface area (Å²) < 4.78 is 27.5. The molecule has 21 heavy (non-hydrogen) atoms. The average molecular weight is 326 g/mol. The van der Waals surface area contributed by atoms with Crippen LogP contribution in [0.2, 0.25) is 5.02 Å². The van der Waals surface area contributed by atoms with Crippen LogP contribution in [0.25, 0.3) is 0 Å². The zero-order chi connectivity index (χ0) is 15.6. The SMILES string of the molecule is Cc1cc(Cl)ccc1S(=O)(=O)Nc1ccccc1C(C)O. The summed E-state index contributed by atoms with van der Waals surface area (Å²) in [4.78, 5) is 0.160. The molecule has 1 unspecified atom stereocenters. The molecule has 0 fully saturated rings. The van der Waals surface area contributed by atoms with E-state index >= 15 is 0 Å². The number of halogens is 1. The molecule has 2 aromatic rings. The first kappa shape index (κ1) is 15.8. The van der Waals surface area contributed by atoms with Gasteiger partial charge in [-0.3, -0.25) is 4.72 Å². The summed E-state index contributed by atoms with van der Waals surface area (Å²) in [5.74, 6) is 0. The summed E-state index contributed by atoms with van der Waals surface area (Å²) in [5.41, 5.74) is 1.44. The molecule has 0 saturated carbocycles. The smallest absolute Gasteiger partial charge is 0.262 e. The van der Waals surface area contributed by atoms with E-state index in [1.807, 2.05) is 0 Å². The lowest BCUT2D eigenvalue weighted by molar-refractivity contribution is 0.200. The molecule has 0 spiro atoms. The Hall–Kier alpha value is -1.56. The zero-order valence-electron chi connectivity index (χ0n) is 11.7. The highest BCUT2D eigenvalue weighted by atomic mass is 35.5. The molecule has 0 heterocycles. The Bertz CT molecular complexity index is 757. The van der Waals surface area contributed by atoms with Crippen molar-refractivity contribution in [1.82, 2.24) is 0 Å². The largest absolute Gasteiger partial charge is 0.389 e. The quantitative estimate of drug-likeness (QED) is 0.904. The van der Waals surface area contributed by atoms with Gasteiger partial charge in [0.1, 0.15) is 0 Å². The number of sulfonamides is 1. The molecule has 0 amide bonds. The maximum Gasteiger partial charge on any atom is 0.262 e. The summed E-state index contributed by atoms with van der Waals surface area (Å²) in [5, 5.41) is 10.2. The minimum Gasteiger partial charge on any atom is -0.389 e. The second-order valence-corrected chi connectivity index (χ2v) is 6.87. The van der Waals surface area contributed by atoms with Crippen LogP contribution >= 0.6 is 11.6 Å². The number of benzene rings is 2. The number of hydrogen-bond donors (Lipinski definition) is 2. The topological polar surface area (TPSA) is 66.4 Å². The van der Waals surface area contributed by atoms with E-state index in [0.29, 0.717) is 21.8 Å². The molecular weight excluding hydrogens is 310 g/mol. The highest BCUT2D eigenvalue weighted by molar-refractivity contribution is 7.92. The Labute approximate surface area is 129 Å². The molecule has 0 aliphatic rings. The van der Waals surface area contributed by atoms with Crippen molar-refractivity contribution in [3.63, 3.8) is 0 Å². The zero-order valence-corrected chi connectivity index (χ0v) is 13.2. The third-order valence-electron chi connectivity index (χ3n) is 3.08. The second kappa shape index (κ2) is 6.05. The first-order chi connectivity index (χ1) is 9.81. The van der Waals surface area contributed by atoms with Crippen molar-refractivity contribution in [2.24, 2.45) is 0 Å². The van der Waals surface area contributed by atoms with Crippen LogP contribution in [0.15, 0.2) is 47.4 Å². The number of hydrogen-bond acceptors (Lipinski definition) is 3. The van der Waals surface area contributed by atoms with E-state index in [1.165, 1.54) is 12.1 Å². The van der Waals surface area contributed by atoms with Crippen LogP contribution in [-0.4, -0.2) is 13.5 Å². The fraction of sp³-hybridized carbons (Fsp3) is 0.200. The number of para-hydroxylation sites is 1. The van der Waals surface area contributed by atoms with E-state index in [2.05, 4.69) is 4.72 Å². The van der Waals surface area contributed by atoms with E-state index in [9.17, 15) is 13.5 Å². The van der Waals surface area contributed by atoms with E-state index in [0.717, 1.165) is 0 Å².